The van der Waals surface area contributed by atoms with Crippen molar-refractivity contribution in [1.29, 1.82) is 0 Å². The lowest BCUT2D eigenvalue weighted by molar-refractivity contribution is -0.137. The summed E-state index contributed by atoms with van der Waals surface area (Å²) in [5.74, 6) is 0.181. The van der Waals surface area contributed by atoms with Crippen LogP contribution < -0.4 is 10.1 Å². The molecule has 0 spiro atoms. The van der Waals surface area contributed by atoms with E-state index in [0.29, 0.717) is 44.4 Å². The number of piperidine rings is 1. The summed E-state index contributed by atoms with van der Waals surface area (Å²) in [5, 5.41) is 4.14. The molecule has 3 heterocycles. The van der Waals surface area contributed by atoms with Gasteiger partial charge < -0.3 is 9.64 Å². The van der Waals surface area contributed by atoms with Crippen LogP contribution >= 0.6 is 11.3 Å². The van der Waals surface area contributed by atoms with E-state index in [-0.39, 0.29) is 24.0 Å². The molecule has 3 amide bonds. The van der Waals surface area contributed by atoms with E-state index in [9.17, 15) is 19.2 Å². The van der Waals surface area contributed by atoms with Crippen LogP contribution in [0.15, 0.2) is 35.7 Å². The van der Waals surface area contributed by atoms with Gasteiger partial charge in [-0.05, 0) is 43.4 Å². The minimum atomic E-state index is -0.606. The molecule has 7 nitrogen and oxygen atoms in total. The summed E-state index contributed by atoms with van der Waals surface area (Å²) in [6.07, 6.45) is 3.78. The molecule has 2 aliphatic heterocycles. The van der Waals surface area contributed by atoms with E-state index in [2.05, 4.69) is 5.32 Å². The summed E-state index contributed by atoms with van der Waals surface area (Å²) in [6, 6.07) is 9.02. The number of imide groups is 1. The summed E-state index contributed by atoms with van der Waals surface area (Å²) >= 11 is 1.50. The highest BCUT2D eigenvalue weighted by Gasteiger charge is 2.40. The van der Waals surface area contributed by atoms with Crippen LogP contribution in [0.1, 0.15) is 59.3 Å². The maximum Gasteiger partial charge on any atom is 0.256 e. The summed E-state index contributed by atoms with van der Waals surface area (Å²) in [6.45, 7) is 0.957. The largest absolute Gasteiger partial charge is 0.494 e. The smallest absolute Gasteiger partial charge is 0.256 e. The van der Waals surface area contributed by atoms with Gasteiger partial charge in [-0.2, -0.15) is 0 Å². The first kappa shape index (κ1) is 22.2. The van der Waals surface area contributed by atoms with Gasteiger partial charge in [-0.1, -0.05) is 18.2 Å². The van der Waals surface area contributed by atoms with Gasteiger partial charge in [0.1, 0.15) is 17.6 Å². The monoisotopic (exact) mass is 454 g/mol. The maximum atomic E-state index is 12.8. The molecule has 2 aromatic rings. The number of carbonyl (C=O) groups excluding carboxylic acids is 4. The first-order chi connectivity index (χ1) is 15.5. The minimum absolute atomic E-state index is 0.165. The highest BCUT2D eigenvalue weighted by molar-refractivity contribution is 7.10. The van der Waals surface area contributed by atoms with Crippen molar-refractivity contribution in [2.75, 3.05) is 6.61 Å². The molecule has 1 unspecified atom stereocenters. The van der Waals surface area contributed by atoms with Gasteiger partial charge in [-0.25, -0.2) is 0 Å². The molecule has 1 aromatic heterocycles. The number of para-hydroxylation sites is 1. The predicted molar refractivity (Wildman–Crippen MR) is 119 cm³/mol. The van der Waals surface area contributed by atoms with Crippen molar-refractivity contribution in [3.63, 3.8) is 0 Å². The van der Waals surface area contributed by atoms with E-state index >= 15 is 0 Å². The zero-order chi connectivity index (χ0) is 22.5. The first-order valence-electron chi connectivity index (χ1n) is 11.0. The van der Waals surface area contributed by atoms with Crippen LogP contribution in [0.25, 0.3) is 0 Å². The molecule has 1 N–H and O–H groups in total. The number of amides is 3. The first-order valence-corrected chi connectivity index (χ1v) is 11.8. The Labute approximate surface area is 190 Å². The summed E-state index contributed by atoms with van der Waals surface area (Å²) in [5.41, 5.74) is 1.55. The topological polar surface area (TPSA) is 92.8 Å². The average Bonchev–Trinajstić information content (AvgIpc) is 3.33. The van der Waals surface area contributed by atoms with E-state index in [1.165, 1.54) is 11.3 Å². The van der Waals surface area contributed by atoms with E-state index in [0.717, 1.165) is 29.0 Å². The molecule has 1 aromatic carbocycles. The number of benzene rings is 1. The molecule has 1 saturated heterocycles. The minimum Gasteiger partial charge on any atom is -0.494 e. The highest BCUT2D eigenvalue weighted by atomic mass is 32.1. The van der Waals surface area contributed by atoms with Gasteiger partial charge in [0.15, 0.2) is 0 Å². The van der Waals surface area contributed by atoms with E-state index in [4.69, 9.17) is 4.74 Å². The third-order valence-corrected chi connectivity index (χ3v) is 6.97. The van der Waals surface area contributed by atoms with E-state index in [1.807, 2.05) is 35.7 Å². The summed E-state index contributed by atoms with van der Waals surface area (Å²) in [4.78, 5) is 51.2. The number of nitrogens with zero attached hydrogens (tertiary/aromatic N) is 1. The van der Waals surface area contributed by atoms with Gasteiger partial charge in [0.25, 0.3) is 5.91 Å². The lowest BCUT2D eigenvalue weighted by atomic mass is 10.0. The fraction of sp³-hybridized carbons (Fsp3) is 0.417. The number of unbranched alkanes of at least 4 members (excludes halogenated alkanes) is 1. The van der Waals surface area contributed by atoms with Crippen molar-refractivity contribution in [1.82, 2.24) is 10.2 Å². The number of thiophene rings is 1. The second kappa shape index (κ2) is 10.1. The van der Waals surface area contributed by atoms with Gasteiger partial charge in [0.2, 0.25) is 11.8 Å². The van der Waals surface area contributed by atoms with Crippen LogP contribution in [0, 0.1) is 0 Å². The maximum absolute atomic E-state index is 12.8. The van der Waals surface area contributed by atoms with Gasteiger partial charge in [-0.15, -0.1) is 11.3 Å². The Balaban J connectivity index is 1.22. The molecule has 32 heavy (non-hydrogen) atoms. The summed E-state index contributed by atoms with van der Waals surface area (Å²) in [7, 11) is 0. The predicted octanol–water partition coefficient (Wildman–Crippen LogP) is 3.26. The number of Topliss-reactive ketones (excluding diaryl/α,β-unsaturated/α-hetero) is 1. The van der Waals surface area contributed by atoms with Crippen LogP contribution in [-0.2, 0) is 27.3 Å². The Kier molecular flexibility index (Phi) is 6.99. The van der Waals surface area contributed by atoms with Gasteiger partial charge in [0, 0.05) is 36.1 Å². The van der Waals surface area contributed by atoms with Crippen LogP contribution in [0.3, 0.4) is 0 Å². The van der Waals surface area contributed by atoms with Crippen LogP contribution in [-0.4, -0.2) is 41.1 Å². The molecule has 0 aliphatic carbocycles. The quantitative estimate of drug-likeness (QED) is 0.439. The van der Waals surface area contributed by atoms with Crippen molar-refractivity contribution in [3.05, 3.63) is 51.7 Å². The van der Waals surface area contributed by atoms with Crippen LogP contribution in [0.5, 0.6) is 5.75 Å². The van der Waals surface area contributed by atoms with Gasteiger partial charge in [-0.3, -0.25) is 24.5 Å². The fourth-order valence-corrected chi connectivity index (χ4v) is 5.16. The number of hydrogen-bond donors (Lipinski definition) is 1. The molecule has 1 fully saturated rings. The number of hydrogen-bond acceptors (Lipinski definition) is 6. The highest BCUT2D eigenvalue weighted by Crippen LogP contribution is 2.34. The second-order valence-electron chi connectivity index (χ2n) is 8.11. The van der Waals surface area contributed by atoms with Crippen molar-refractivity contribution >= 4 is 34.8 Å². The van der Waals surface area contributed by atoms with Gasteiger partial charge in [0.05, 0.1) is 12.2 Å². The number of carbonyl (C=O) groups is 4. The molecular formula is C24H26N2O5S. The number of rotatable bonds is 10. The third-order valence-electron chi connectivity index (χ3n) is 5.88. The van der Waals surface area contributed by atoms with Crippen LogP contribution in [0.4, 0.5) is 0 Å². The number of aryl methyl sites for hydroxylation is 1. The number of fused-ring (bicyclic) bond motifs is 1. The Morgan fingerprint density at radius 3 is 2.72 bits per heavy atom. The molecule has 0 bridgehead atoms. The van der Waals surface area contributed by atoms with E-state index in [1.54, 1.807) is 4.90 Å². The zero-order valence-electron chi connectivity index (χ0n) is 17.8. The molecule has 1 atom stereocenters. The number of ketones is 1. The molecule has 168 valence electrons. The normalized spacial score (nSPS) is 17.9. The Hall–Kier alpha value is -3.00. The SMILES string of the molecule is O=C(CCCCOc1ccccc1)CCc1scc2c1CN(C1CCC(=O)NC1=O)C2=O. The summed E-state index contributed by atoms with van der Waals surface area (Å²) < 4.78 is 5.65. The van der Waals surface area contributed by atoms with Crippen molar-refractivity contribution in [2.24, 2.45) is 0 Å². The van der Waals surface area contributed by atoms with Crippen molar-refractivity contribution in [2.45, 2.75) is 57.5 Å². The molecule has 2 aliphatic rings. The van der Waals surface area contributed by atoms with E-state index < -0.39 is 11.9 Å². The van der Waals surface area contributed by atoms with Crippen molar-refractivity contribution < 1.29 is 23.9 Å². The van der Waals surface area contributed by atoms with Crippen molar-refractivity contribution in [3.8, 4) is 5.75 Å². The number of nitrogens with one attached hydrogen (secondary N) is 1. The standard InChI is InChI=1S/C24H26N2O5S/c27-16(6-4-5-13-31-17-7-2-1-3-8-17)9-11-21-18-14-26(24(30)19(18)15-32-21)20-10-12-22(28)25-23(20)29/h1-3,7-8,15,20H,4-6,9-14H2,(H,25,28,29). The van der Waals surface area contributed by atoms with Crippen LogP contribution in [0.2, 0.25) is 0 Å². The molecule has 0 saturated carbocycles. The third kappa shape index (κ3) is 5.07. The number of ether oxygens (including phenoxy) is 1. The Morgan fingerprint density at radius 1 is 1.12 bits per heavy atom. The Bertz CT molecular complexity index is 1020. The molecule has 0 radical (unpaired) electrons. The molecule has 4 rings (SSSR count). The van der Waals surface area contributed by atoms with Gasteiger partial charge >= 0.3 is 0 Å². The average molecular weight is 455 g/mol. The second-order valence-corrected chi connectivity index (χ2v) is 9.07. The lowest BCUT2D eigenvalue weighted by Crippen LogP contribution is -2.52. The zero-order valence-corrected chi connectivity index (χ0v) is 18.6. The fourth-order valence-electron chi connectivity index (χ4n) is 4.12. The Morgan fingerprint density at radius 2 is 1.94 bits per heavy atom. The molecular weight excluding hydrogens is 428 g/mol. The lowest BCUT2D eigenvalue weighted by Gasteiger charge is -2.29. The molecule has 8 heteroatoms.